The molecule has 2 aromatic carbocycles. The van der Waals surface area contributed by atoms with Crippen molar-refractivity contribution >= 4 is 69.1 Å². The molecule has 0 radical (unpaired) electrons. The highest BCUT2D eigenvalue weighted by molar-refractivity contribution is 6.09. The Kier molecular flexibility index (Phi) is 7.57. The van der Waals surface area contributed by atoms with Gasteiger partial charge in [-0.25, -0.2) is 19.6 Å². The molecule has 5 heterocycles. The fourth-order valence-corrected chi connectivity index (χ4v) is 6.39. The Bertz CT molecular complexity index is 1970. The molecule has 3 N–H and O–H groups in total. The van der Waals surface area contributed by atoms with Gasteiger partial charge in [-0.1, -0.05) is 0 Å². The lowest BCUT2D eigenvalue weighted by Gasteiger charge is -2.38. The molecular weight excluding hydrogens is 602 g/mol. The van der Waals surface area contributed by atoms with E-state index in [1.54, 1.807) is 23.7 Å². The van der Waals surface area contributed by atoms with Crippen molar-refractivity contribution < 1.29 is 19.1 Å². The number of carbonyl (C=O) groups is 3. The summed E-state index contributed by atoms with van der Waals surface area (Å²) in [6, 6.07) is 11.1. The van der Waals surface area contributed by atoms with E-state index in [-0.39, 0.29) is 36.9 Å². The smallest absolute Gasteiger partial charge is 0.329 e. The quantitative estimate of drug-likeness (QED) is 0.258. The number of amides is 4. The Morgan fingerprint density at radius 1 is 1.09 bits per heavy atom. The normalized spacial score (nSPS) is 19.5. The number of methoxy groups -OCH3 is 1. The number of ether oxygens (including phenoxy) is 1. The number of hydrogen-bond acceptors (Lipinski definition) is 10. The second-order valence-corrected chi connectivity index (χ2v) is 11.8. The average molecular weight is 636 g/mol. The van der Waals surface area contributed by atoms with E-state index in [1.807, 2.05) is 48.3 Å². The van der Waals surface area contributed by atoms with Crippen molar-refractivity contribution in [3.05, 3.63) is 59.6 Å². The SMILES string of the molecule is [C-]#[N+]c1cnc(N2CC[C@@H](Nc3ccc4c(N5CCC(=O)NC5=O)nn(C)c4c3)[C@H](OC)C2)nc1Nc1ccc2c(c1)CC(=O)N2C. The highest BCUT2D eigenvalue weighted by Gasteiger charge is 2.32. The third-order valence-corrected chi connectivity index (χ3v) is 8.93. The van der Waals surface area contributed by atoms with Crippen LogP contribution in [0.4, 0.5) is 45.1 Å². The third kappa shape index (κ3) is 5.52. The summed E-state index contributed by atoms with van der Waals surface area (Å²) < 4.78 is 7.65. The van der Waals surface area contributed by atoms with Crippen LogP contribution in [0.5, 0.6) is 0 Å². The first-order valence-corrected chi connectivity index (χ1v) is 15.3. The molecule has 0 saturated carbocycles. The van der Waals surface area contributed by atoms with Gasteiger partial charge in [0.1, 0.15) is 5.82 Å². The summed E-state index contributed by atoms with van der Waals surface area (Å²) in [6.07, 6.45) is 2.63. The number of piperidine rings is 1. The minimum Gasteiger partial charge on any atom is -0.379 e. The number of hydrogen-bond donors (Lipinski definition) is 3. The lowest BCUT2D eigenvalue weighted by Crippen LogP contribution is -2.51. The average Bonchev–Trinajstić information content (AvgIpc) is 3.54. The van der Waals surface area contributed by atoms with Crippen LogP contribution in [-0.4, -0.2) is 83.5 Å². The van der Waals surface area contributed by atoms with Gasteiger partial charge in [0.25, 0.3) is 0 Å². The third-order valence-electron chi connectivity index (χ3n) is 8.93. The second-order valence-electron chi connectivity index (χ2n) is 11.8. The van der Waals surface area contributed by atoms with E-state index in [2.05, 4.69) is 30.9 Å². The maximum Gasteiger partial charge on any atom is 0.329 e. The number of rotatable bonds is 7. The number of fused-ring (bicyclic) bond motifs is 2. The molecule has 0 unspecified atom stereocenters. The van der Waals surface area contributed by atoms with Gasteiger partial charge >= 0.3 is 6.03 Å². The first kappa shape index (κ1) is 29.9. The first-order valence-electron chi connectivity index (χ1n) is 15.3. The number of imide groups is 1. The number of carbonyl (C=O) groups excluding carboxylic acids is 3. The zero-order valence-electron chi connectivity index (χ0n) is 26.1. The largest absolute Gasteiger partial charge is 0.379 e. The van der Waals surface area contributed by atoms with E-state index in [9.17, 15) is 14.4 Å². The number of likely N-dealkylation sites (N-methyl/N-ethyl adjacent to an activating group) is 1. The van der Waals surface area contributed by atoms with Crippen LogP contribution >= 0.6 is 0 Å². The van der Waals surface area contributed by atoms with Gasteiger partial charge in [-0.05, 0) is 48.4 Å². The lowest BCUT2D eigenvalue weighted by atomic mass is 10.0. The van der Waals surface area contributed by atoms with Crippen LogP contribution in [0.1, 0.15) is 18.4 Å². The van der Waals surface area contributed by atoms with Gasteiger partial charge in [-0.2, -0.15) is 5.10 Å². The Hall–Kier alpha value is -5.75. The van der Waals surface area contributed by atoms with Gasteiger partial charge in [-0.15, -0.1) is 0 Å². The Labute approximate surface area is 270 Å². The molecule has 15 nitrogen and oxygen atoms in total. The van der Waals surface area contributed by atoms with Gasteiger partial charge in [0.15, 0.2) is 5.82 Å². The molecule has 15 heteroatoms. The van der Waals surface area contributed by atoms with E-state index < -0.39 is 6.03 Å². The van der Waals surface area contributed by atoms with Crippen molar-refractivity contribution in [2.75, 3.05) is 59.1 Å². The molecular formula is C32H33N11O4. The summed E-state index contributed by atoms with van der Waals surface area (Å²) >= 11 is 0. The van der Waals surface area contributed by atoms with E-state index in [0.717, 1.165) is 39.9 Å². The molecule has 0 bridgehead atoms. The molecule has 240 valence electrons. The fraction of sp³-hybridized carbons (Fsp3) is 0.344. The molecule has 7 rings (SSSR count). The van der Waals surface area contributed by atoms with Crippen LogP contribution in [0.25, 0.3) is 15.7 Å². The summed E-state index contributed by atoms with van der Waals surface area (Å²) in [5.74, 6) is 1.16. The highest BCUT2D eigenvalue weighted by atomic mass is 16.5. The number of nitrogens with one attached hydrogen (secondary N) is 3. The monoisotopic (exact) mass is 635 g/mol. The number of urea groups is 1. The molecule has 4 aromatic rings. The first-order chi connectivity index (χ1) is 22.7. The van der Waals surface area contributed by atoms with Crippen molar-refractivity contribution in [1.29, 1.82) is 0 Å². The number of benzene rings is 2. The summed E-state index contributed by atoms with van der Waals surface area (Å²) in [6.45, 7) is 9.10. The van der Waals surface area contributed by atoms with Gasteiger partial charge < -0.3 is 25.2 Å². The lowest BCUT2D eigenvalue weighted by molar-refractivity contribution is -0.120. The van der Waals surface area contributed by atoms with Crippen molar-refractivity contribution in [1.82, 2.24) is 25.1 Å². The van der Waals surface area contributed by atoms with Crippen molar-refractivity contribution in [3.8, 4) is 0 Å². The van der Waals surface area contributed by atoms with Crippen LogP contribution in [0.3, 0.4) is 0 Å². The molecule has 47 heavy (non-hydrogen) atoms. The number of aromatic nitrogens is 4. The Balaban J connectivity index is 1.06. The Morgan fingerprint density at radius 2 is 1.91 bits per heavy atom. The zero-order valence-corrected chi connectivity index (χ0v) is 26.1. The van der Waals surface area contributed by atoms with E-state index in [0.29, 0.717) is 42.8 Å². The molecule has 4 amide bonds. The van der Waals surface area contributed by atoms with Gasteiger partial charge in [0.2, 0.25) is 23.5 Å². The van der Waals surface area contributed by atoms with Crippen LogP contribution in [0, 0.1) is 6.57 Å². The van der Waals surface area contributed by atoms with Crippen LogP contribution in [-0.2, 0) is 27.8 Å². The van der Waals surface area contributed by atoms with Crippen molar-refractivity contribution in [2.24, 2.45) is 7.05 Å². The number of nitrogens with zero attached hydrogens (tertiary/aromatic N) is 8. The zero-order chi connectivity index (χ0) is 32.8. The van der Waals surface area contributed by atoms with Crippen LogP contribution in [0.2, 0.25) is 0 Å². The molecule has 3 aliphatic rings. The van der Waals surface area contributed by atoms with E-state index in [1.165, 1.54) is 11.1 Å². The van der Waals surface area contributed by atoms with Crippen LogP contribution < -0.4 is 30.7 Å². The number of anilines is 6. The topological polar surface area (TPSA) is 154 Å². The minimum atomic E-state index is -0.470. The number of aryl methyl sites for hydroxylation is 1. The molecule has 2 saturated heterocycles. The highest BCUT2D eigenvalue weighted by Crippen LogP contribution is 2.34. The molecule has 0 aliphatic carbocycles. The minimum absolute atomic E-state index is 0.00681. The fourth-order valence-electron chi connectivity index (χ4n) is 6.39. The Morgan fingerprint density at radius 3 is 2.70 bits per heavy atom. The van der Waals surface area contributed by atoms with Crippen molar-refractivity contribution in [2.45, 2.75) is 31.4 Å². The van der Waals surface area contributed by atoms with E-state index in [4.69, 9.17) is 16.3 Å². The molecule has 2 atom stereocenters. The van der Waals surface area contributed by atoms with Crippen molar-refractivity contribution in [3.63, 3.8) is 0 Å². The maximum absolute atomic E-state index is 12.5. The second kappa shape index (κ2) is 11.9. The van der Waals surface area contributed by atoms with Crippen LogP contribution in [0.15, 0.2) is 42.6 Å². The summed E-state index contributed by atoms with van der Waals surface area (Å²) in [7, 11) is 5.27. The molecule has 2 aromatic heterocycles. The van der Waals surface area contributed by atoms with Gasteiger partial charge in [-0.3, -0.25) is 24.5 Å². The molecule has 3 aliphatic heterocycles. The predicted octanol–water partition coefficient (Wildman–Crippen LogP) is 3.33. The van der Waals surface area contributed by atoms with Gasteiger partial charge in [0, 0.05) is 75.9 Å². The molecule has 0 spiro atoms. The van der Waals surface area contributed by atoms with Gasteiger partial charge in [0.05, 0.1) is 30.7 Å². The summed E-state index contributed by atoms with van der Waals surface area (Å²) in [5, 5.41) is 14.6. The summed E-state index contributed by atoms with van der Waals surface area (Å²) in [5.41, 5.74) is 4.57. The van der Waals surface area contributed by atoms with E-state index >= 15 is 0 Å². The molecule has 2 fully saturated rings. The standard InChI is InChI=1S/C32H33N11O4/c1-33-23-16-34-31(38-29(23)36-19-6-8-24-18(13-19)14-28(45)40(24)2)42-11-9-22(26(17-42)47-4)35-20-5-7-21-25(15-20)41(3)39-30(21)43-12-10-27(44)37-32(43)46/h5-8,13,15-16,22,26,35H,9-12,14,17H2,2-4H3,(H,34,36,38)(H,37,44,46)/t22-,26-/m1/s1. The maximum atomic E-state index is 12.5. The summed E-state index contributed by atoms with van der Waals surface area (Å²) in [4.78, 5) is 54.2. The predicted molar refractivity (Wildman–Crippen MR) is 176 cm³/mol.